The highest BCUT2D eigenvalue weighted by atomic mass is 32.1. The standard InChI is InChI=1S/C19H25N3O3S/c1-21(11-12-25-13-17(23)14-7-3-2-4-8-14)19(24)22-16-10-6-5-9-15(16)20-18(22)26/h5-6,9-10,14H,2-4,7-8,11-13H2,1H3,(H,20,26). The Kier molecular flexibility index (Phi) is 6.21. The van der Waals surface area contributed by atoms with Crippen LogP contribution in [0.2, 0.25) is 0 Å². The number of ketones is 1. The molecule has 140 valence electrons. The van der Waals surface area contributed by atoms with E-state index >= 15 is 0 Å². The number of nitrogens with one attached hydrogen (secondary N) is 1. The Bertz CT molecular complexity index is 836. The van der Waals surface area contributed by atoms with Gasteiger partial charge >= 0.3 is 6.03 Å². The summed E-state index contributed by atoms with van der Waals surface area (Å²) in [5, 5.41) is 0. The fourth-order valence-electron chi connectivity index (χ4n) is 3.43. The third-order valence-corrected chi connectivity index (χ3v) is 5.27. The molecular weight excluding hydrogens is 350 g/mol. The van der Waals surface area contributed by atoms with Crippen molar-refractivity contribution in [2.75, 3.05) is 26.8 Å². The number of hydrogen-bond acceptors (Lipinski definition) is 4. The molecule has 0 aliphatic heterocycles. The van der Waals surface area contributed by atoms with Crippen LogP contribution in [0.4, 0.5) is 4.79 Å². The molecule has 1 aromatic heterocycles. The molecule has 1 heterocycles. The lowest BCUT2D eigenvalue weighted by atomic mass is 9.86. The number of benzene rings is 1. The lowest BCUT2D eigenvalue weighted by molar-refractivity contribution is -0.128. The molecule has 1 aliphatic carbocycles. The van der Waals surface area contributed by atoms with E-state index in [1.807, 2.05) is 24.3 Å². The van der Waals surface area contributed by atoms with Crippen LogP contribution in [0.25, 0.3) is 11.0 Å². The summed E-state index contributed by atoms with van der Waals surface area (Å²) in [5.74, 6) is 0.352. The molecule has 0 radical (unpaired) electrons. The number of rotatable bonds is 6. The monoisotopic (exact) mass is 375 g/mol. The van der Waals surface area contributed by atoms with Gasteiger partial charge in [0.05, 0.1) is 17.6 Å². The fourth-order valence-corrected chi connectivity index (χ4v) is 3.71. The maximum atomic E-state index is 12.7. The van der Waals surface area contributed by atoms with Gasteiger partial charge in [0.1, 0.15) is 6.61 Å². The van der Waals surface area contributed by atoms with Crippen molar-refractivity contribution < 1.29 is 14.3 Å². The minimum atomic E-state index is -0.213. The van der Waals surface area contributed by atoms with Crippen molar-refractivity contribution in [2.24, 2.45) is 5.92 Å². The summed E-state index contributed by atoms with van der Waals surface area (Å²) >= 11 is 5.27. The number of carbonyl (C=O) groups is 2. The number of ether oxygens (including phenoxy) is 1. The van der Waals surface area contributed by atoms with Gasteiger partial charge in [-0.05, 0) is 37.2 Å². The van der Waals surface area contributed by atoms with E-state index in [1.165, 1.54) is 11.0 Å². The van der Waals surface area contributed by atoms with Crippen LogP contribution >= 0.6 is 12.2 Å². The van der Waals surface area contributed by atoms with Crippen LogP contribution in [0.1, 0.15) is 32.1 Å². The molecule has 0 atom stereocenters. The highest BCUT2D eigenvalue weighted by Gasteiger charge is 2.21. The van der Waals surface area contributed by atoms with E-state index in [-0.39, 0.29) is 24.3 Å². The van der Waals surface area contributed by atoms with E-state index in [4.69, 9.17) is 17.0 Å². The van der Waals surface area contributed by atoms with Gasteiger partial charge in [0.2, 0.25) is 0 Å². The zero-order valence-electron chi connectivity index (χ0n) is 15.1. The maximum absolute atomic E-state index is 12.7. The quantitative estimate of drug-likeness (QED) is 0.616. The van der Waals surface area contributed by atoms with Gasteiger partial charge in [-0.2, -0.15) is 0 Å². The second kappa shape index (κ2) is 8.60. The number of carbonyl (C=O) groups excluding carboxylic acids is 2. The van der Waals surface area contributed by atoms with E-state index in [0.717, 1.165) is 36.7 Å². The number of para-hydroxylation sites is 2. The molecule has 0 saturated heterocycles. The molecule has 1 amide bonds. The molecule has 1 aromatic carbocycles. The highest BCUT2D eigenvalue weighted by Crippen LogP contribution is 2.24. The summed E-state index contributed by atoms with van der Waals surface area (Å²) in [6.45, 7) is 0.869. The molecule has 6 nitrogen and oxygen atoms in total. The normalized spacial score (nSPS) is 15.3. The van der Waals surface area contributed by atoms with Crippen LogP contribution in [0.3, 0.4) is 0 Å². The minimum absolute atomic E-state index is 0.138. The van der Waals surface area contributed by atoms with Gasteiger partial charge in [0.25, 0.3) is 0 Å². The first-order valence-electron chi connectivity index (χ1n) is 9.13. The number of hydrogen-bond donors (Lipinski definition) is 1. The zero-order valence-corrected chi connectivity index (χ0v) is 15.9. The van der Waals surface area contributed by atoms with Crippen LogP contribution in [-0.2, 0) is 9.53 Å². The number of fused-ring (bicyclic) bond motifs is 1. The van der Waals surface area contributed by atoms with Crippen molar-refractivity contribution in [1.82, 2.24) is 14.5 Å². The van der Waals surface area contributed by atoms with E-state index in [1.54, 1.807) is 11.9 Å². The molecule has 0 spiro atoms. The Morgan fingerprint density at radius 2 is 2.00 bits per heavy atom. The average Bonchev–Trinajstić information content (AvgIpc) is 3.00. The maximum Gasteiger partial charge on any atom is 0.330 e. The Balaban J connectivity index is 1.50. The van der Waals surface area contributed by atoms with Crippen LogP contribution in [0.5, 0.6) is 0 Å². The van der Waals surface area contributed by atoms with Crippen molar-refractivity contribution in [1.29, 1.82) is 0 Å². The van der Waals surface area contributed by atoms with Crippen LogP contribution < -0.4 is 0 Å². The van der Waals surface area contributed by atoms with Crippen molar-refractivity contribution >= 4 is 35.1 Å². The molecule has 1 aliphatic rings. The SMILES string of the molecule is CN(CCOCC(=O)C1CCCCC1)C(=O)n1c(=S)[nH]c2ccccc21. The topological polar surface area (TPSA) is 67.3 Å². The van der Waals surface area contributed by atoms with Gasteiger partial charge in [0.15, 0.2) is 10.6 Å². The molecule has 2 aromatic rings. The molecule has 1 fully saturated rings. The Hall–Kier alpha value is -1.99. The minimum Gasteiger partial charge on any atom is -0.372 e. The summed E-state index contributed by atoms with van der Waals surface area (Å²) in [7, 11) is 1.71. The first-order chi connectivity index (χ1) is 12.6. The number of aromatic amines is 1. The van der Waals surface area contributed by atoms with Gasteiger partial charge in [-0.1, -0.05) is 31.4 Å². The average molecular weight is 375 g/mol. The fraction of sp³-hybridized carbons (Fsp3) is 0.526. The molecular formula is C19H25N3O3S. The number of aromatic nitrogens is 2. The predicted molar refractivity (Wildman–Crippen MR) is 103 cm³/mol. The molecule has 1 N–H and O–H groups in total. The van der Waals surface area contributed by atoms with E-state index in [2.05, 4.69) is 4.98 Å². The number of likely N-dealkylation sites (N-methyl/N-ethyl adjacent to an activating group) is 1. The Labute approximate surface area is 158 Å². The van der Waals surface area contributed by atoms with Gasteiger partial charge in [-0.25, -0.2) is 9.36 Å². The lowest BCUT2D eigenvalue weighted by Crippen LogP contribution is -2.34. The molecule has 1 saturated carbocycles. The Morgan fingerprint density at radius 3 is 2.77 bits per heavy atom. The number of amides is 1. The second-order valence-corrected chi connectivity index (χ2v) is 7.23. The zero-order chi connectivity index (χ0) is 18.5. The number of Topliss-reactive ketones (excluding diaryl/α,β-unsaturated/α-hetero) is 1. The smallest absolute Gasteiger partial charge is 0.330 e. The molecule has 26 heavy (non-hydrogen) atoms. The molecule has 3 rings (SSSR count). The largest absolute Gasteiger partial charge is 0.372 e. The highest BCUT2D eigenvalue weighted by molar-refractivity contribution is 7.71. The van der Waals surface area contributed by atoms with Gasteiger partial charge in [0, 0.05) is 19.5 Å². The van der Waals surface area contributed by atoms with E-state index in [9.17, 15) is 9.59 Å². The number of nitrogens with zero attached hydrogens (tertiary/aromatic N) is 2. The van der Waals surface area contributed by atoms with Crippen LogP contribution in [-0.4, -0.2) is 53.1 Å². The van der Waals surface area contributed by atoms with Crippen molar-refractivity contribution in [3.8, 4) is 0 Å². The molecule has 7 heteroatoms. The number of H-pyrrole nitrogens is 1. The second-order valence-electron chi connectivity index (χ2n) is 6.84. The summed E-state index contributed by atoms with van der Waals surface area (Å²) in [4.78, 5) is 29.4. The van der Waals surface area contributed by atoms with Crippen molar-refractivity contribution in [2.45, 2.75) is 32.1 Å². The van der Waals surface area contributed by atoms with Gasteiger partial charge in [-0.15, -0.1) is 0 Å². The summed E-state index contributed by atoms with van der Waals surface area (Å²) in [6, 6.07) is 7.29. The molecule has 0 unspecified atom stereocenters. The summed E-state index contributed by atoms with van der Waals surface area (Å²) in [6.07, 6.45) is 5.48. The number of imidazole rings is 1. The van der Waals surface area contributed by atoms with Crippen LogP contribution in [0.15, 0.2) is 24.3 Å². The third-order valence-electron chi connectivity index (χ3n) is 4.98. The Morgan fingerprint density at radius 1 is 1.27 bits per heavy atom. The summed E-state index contributed by atoms with van der Waals surface area (Å²) in [5.41, 5.74) is 1.58. The van der Waals surface area contributed by atoms with Crippen LogP contribution in [0, 0.1) is 10.7 Å². The van der Waals surface area contributed by atoms with Gasteiger partial charge < -0.3 is 14.6 Å². The van der Waals surface area contributed by atoms with Crippen molar-refractivity contribution in [3.05, 3.63) is 29.0 Å². The third kappa shape index (κ3) is 4.22. The summed E-state index contributed by atoms with van der Waals surface area (Å²) < 4.78 is 7.37. The van der Waals surface area contributed by atoms with E-state index in [0.29, 0.717) is 17.9 Å². The van der Waals surface area contributed by atoms with Gasteiger partial charge in [-0.3, -0.25) is 4.79 Å². The van der Waals surface area contributed by atoms with E-state index < -0.39 is 0 Å². The first kappa shape index (κ1) is 18.8. The molecule has 0 bridgehead atoms. The predicted octanol–water partition coefficient (Wildman–Crippen LogP) is 3.76. The lowest BCUT2D eigenvalue weighted by Gasteiger charge is -2.21. The first-order valence-corrected chi connectivity index (χ1v) is 9.54. The van der Waals surface area contributed by atoms with Crippen molar-refractivity contribution in [3.63, 3.8) is 0 Å².